The van der Waals surface area contributed by atoms with Crippen LogP contribution < -0.4 is 10.1 Å². The molecule has 4 rings (SSSR count). The molecule has 4 aromatic rings. The van der Waals surface area contributed by atoms with E-state index in [9.17, 15) is 0 Å². The minimum absolute atomic E-state index is 0.505. The lowest BCUT2D eigenvalue weighted by molar-refractivity contribution is 0.271. The lowest BCUT2D eigenvalue weighted by atomic mass is 10.0. The second kappa shape index (κ2) is 7.98. The third-order valence-corrected chi connectivity index (χ3v) is 5.32. The summed E-state index contributed by atoms with van der Waals surface area (Å²) in [6.07, 6.45) is 1.61. The number of ether oxygens (including phenoxy) is 1. The molecule has 0 aliphatic rings. The number of hydrogen-bond acceptors (Lipinski definition) is 5. The third kappa shape index (κ3) is 3.99. The molecule has 0 radical (unpaired) electrons. The summed E-state index contributed by atoms with van der Waals surface area (Å²) in [4.78, 5) is 9.94. The first-order chi connectivity index (χ1) is 13.6. The number of benzene rings is 2. The number of rotatable bonds is 6. The monoisotopic (exact) mass is 389 g/mol. The van der Waals surface area contributed by atoms with Gasteiger partial charge in [-0.3, -0.25) is 0 Å². The predicted molar refractivity (Wildman–Crippen MR) is 118 cm³/mol. The van der Waals surface area contributed by atoms with Crippen LogP contribution in [0.2, 0.25) is 0 Å². The molecule has 1 N–H and O–H groups in total. The van der Waals surface area contributed by atoms with E-state index in [1.165, 1.54) is 11.1 Å². The van der Waals surface area contributed by atoms with E-state index in [2.05, 4.69) is 65.7 Å². The van der Waals surface area contributed by atoms with E-state index >= 15 is 0 Å². The second-order valence-electron chi connectivity index (χ2n) is 7.27. The van der Waals surface area contributed by atoms with Gasteiger partial charge in [0.15, 0.2) is 0 Å². The number of aromatic nitrogens is 2. The molecule has 0 atom stereocenters. The molecule has 2 aromatic heterocycles. The smallest absolute Gasteiger partial charge is 0.143 e. The van der Waals surface area contributed by atoms with E-state index in [1.807, 2.05) is 24.3 Å². The largest absolute Gasteiger partial charge is 0.493 e. The first kappa shape index (κ1) is 18.4. The summed E-state index contributed by atoms with van der Waals surface area (Å²) < 4.78 is 5.77. The van der Waals surface area contributed by atoms with E-state index in [-0.39, 0.29) is 0 Å². The van der Waals surface area contributed by atoms with Gasteiger partial charge in [-0.25, -0.2) is 9.97 Å². The van der Waals surface area contributed by atoms with Gasteiger partial charge in [0.05, 0.1) is 12.0 Å². The SMILES string of the molecule is Cc1ccc(-c2csc3ncnc(Nc4ccc(OCC(C)C)cc4)c23)cc1. The van der Waals surface area contributed by atoms with Crippen molar-refractivity contribution in [2.45, 2.75) is 20.8 Å². The Morgan fingerprint density at radius 3 is 2.46 bits per heavy atom. The lowest BCUT2D eigenvalue weighted by Crippen LogP contribution is -2.04. The summed E-state index contributed by atoms with van der Waals surface area (Å²) in [5.74, 6) is 2.20. The van der Waals surface area contributed by atoms with Crippen molar-refractivity contribution in [3.63, 3.8) is 0 Å². The highest BCUT2D eigenvalue weighted by Gasteiger charge is 2.13. The molecular formula is C23H23N3OS. The Morgan fingerprint density at radius 2 is 1.75 bits per heavy atom. The van der Waals surface area contributed by atoms with Crippen LogP contribution in [-0.4, -0.2) is 16.6 Å². The molecule has 5 heteroatoms. The van der Waals surface area contributed by atoms with Gasteiger partial charge in [-0.05, 0) is 42.7 Å². The number of nitrogens with one attached hydrogen (secondary N) is 1. The van der Waals surface area contributed by atoms with Crippen LogP contribution in [-0.2, 0) is 0 Å². The summed E-state index contributed by atoms with van der Waals surface area (Å²) in [5.41, 5.74) is 4.54. The molecule has 0 saturated carbocycles. The first-order valence-electron chi connectivity index (χ1n) is 9.39. The van der Waals surface area contributed by atoms with Gasteiger partial charge in [-0.15, -0.1) is 11.3 Å². The molecule has 0 spiro atoms. The van der Waals surface area contributed by atoms with Crippen LogP contribution >= 0.6 is 11.3 Å². The van der Waals surface area contributed by atoms with Crippen molar-refractivity contribution in [1.29, 1.82) is 0 Å². The van der Waals surface area contributed by atoms with Gasteiger partial charge in [0.1, 0.15) is 22.7 Å². The fourth-order valence-corrected chi connectivity index (χ4v) is 3.87. The van der Waals surface area contributed by atoms with E-state index in [1.54, 1.807) is 17.7 Å². The Hall–Kier alpha value is -2.92. The normalized spacial score (nSPS) is 11.1. The molecule has 0 fully saturated rings. The molecule has 2 heterocycles. The number of anilines is 2. The highest BCUT2D eigenvalue weighted by molar-refractivity contribution is 7.17. The summed E-state index contributed by atoms with van der Waals surface area (Å²) in [6.45, 7) is 7.10. The molecule has 0 aliphatic heterocycles. The van der Waals surface area contributed by atoms with Crippen LogP contribution in [0.25, 0.3) is 21.3 Å². The Bertz CT molecular complexity index is 1070. The maximum Gasteiger partial charge on any atom is 0.143 e. The first-order valence-corrected chi connectivity index (χ1v) is 10.3. The summed E-state index contributed by atoms with van der Waals surface area (Å²) in [6, 6.07) is 16.6. The Kier molecular flexibility index (Phi) is 5.26. The Labute approximate surface area is 169 Å². The van der Waals surface area contributed by atoms with Crippen molar-refractivity contribution >= 4 is 33.1 Å². The fraction of sp³-hybridized carbons (Fsp3) is 0.217. The van der Waals surface area contributed by atoms with Gasteiger partial charge in [0, 0.05) is 16.6 Å². The Balaban J connectivity index is 1.64. The summed E-state index contributed by atoms with van der Waals surface area (Å²) in [5, 5.41) is 6.65. The lowest BCUT2D eigenvalue weighted by Gasteiger charge is -2.11. The quantitative estimate of drug-likeness (QED) is 0.412. The summed E-state index contributed by atoms with van der Waals surface area (Å²) in [7, 11) is 0. The molecule has 0 bridgehead atoms. The van der Waals surface area contributed by atoms with E-state index in [4.69, 9.17) is 4.74 Å². The topological polar surface area (TPSA) is 47.0 Å². The number of aryl methyl sites for hydroxylation is 1. The molecule has 0 amide bonds. The van der Waals surface area contributed by atoms with Crippen LogP contribution in [0.3, 0.4) is 0 Å². The molecule has 0 unspecified atom stereocenters. The van der Waals surface area contributed by atoms with Crippen LogP contribution in [0.1, 0.15) is 19.4 Å². The van der Waals surface area contributed by atoms with Crippen LogP contribution in [0.5, 0.6) is 5.75 Å². The van der Waals surface area contributed by atoms with E-state index in [0.717, 1.165) is 33.0 Å². The number of thiophene rings is 1. The zero-order valence-corrected chi connectivity index (χ0v) is 17.1. The second-order valence-corrected chi connectivity index (χ2v) is 8.13. The molecule has 142 valence electrons. The van der Waals surface area contributed by atoms with E-state index in [0.29, 0.717) is 12.5 Å². The molecule has 4 nitrogen and oxygen atoms in total. The van der Waals surface area contributed by atoms with Gasteiger partial charge >= 0.3 is 0 Å². The average molecular weight is 390 g/mol. The van der Waals surface area contributed by atoms with Gasteiger partial charge in [-0.2, -0.15) is 0 Å². The van der Waals surface area contributed by atoms with Gasteiger partial charge in [0.25, 0.3) is 0 Å². The molecular weight excluding hydrogens is 366 g/mol. The predicted octanol–water partition coefficient (Wildman–Crippen LogP) is 6.45. The molecule has 0 saturated heterocycles. The van der Waals surface area contributed by atoms with Crippen LogP contribution in [0, 0.1) is 12.8 Å². The number of fused-ring (bicyclic) bond motifs is 1. The number of hydrogen-bond donors (Lipinski definition) is 1. The van der Waals surface area contributed by atoms with Crippen molar-refractivity contribution < 1.29 is 4.74 Å². The van der Waals surface area contributed by atoms with Crippen molar-refractivity contribution in [1.82, 2.24) is 9.97 Å². The van der Waals surface area contributed by atoms with E-state index < -0.39 is 0 Å². The highest BCUT2D eigenvalue weighted by Crippen LogP contribution is 2.37. The van der Waals surface area contributed by atoms with Crippen LogP contribution in [0.15, 0.2) is 60.2 Å². The maximum atomic E-state index is 5.77. The molecule has 2 aromatic carbocycles. The van der Waals surface area contributed by atoms with Gasteiger partial charge in [-0.1, -0.05) is 43.7 Å². The van der Waals surface area contributed by atoms with Gasteiger partial charge < -0.3 is 10.1 Å². The third-order valence-electron chi connectivity index (χ3n) is 4.43. The van der Waals surface area contributed by atoms with Crippen molar-refractivity contribution in [2.75, 3.05) is 11.9 Å². The average Bonchev–Trinajstić information content (AvgIpc) is 3.13. The zero-order valence-electron chi connectivity index (χ0n) is 16.3. The Morgan fingerprint density at radius 1 is 1.00 bits per heavy atom. The fourth-order valence-electron chi connectivity index (χ4n) is 2.95. The zero-order chi connectivity index (χ0) is 19.5. The number of nitrogens with zero attached hydrogens (tertiary/aromatic N) is 2. The highest BCUT2D eigenvalue weighted by atomic mass is 32.1. The van der Waals surface area contributed by atoms with Crippen molar-refractivity contribution in [2.24, 2.45) is 5.92 Å². The van der Waals surface area contributed by atoms with Crippen molar-refractivity contribution in [3.05, 3.63) is 65.8 Å². The minimum Gasteiger partial charge on any atom is -0.493 e. The maximum absolute atomic E-state index is 5.77. The summed E-state index contributed by atoms with van der Waals surface area (Å²) >= 11 is 1.64. The minimum atomic E-state index is 0.505. The van der Waals surface area contributed by atoms with Crippen molar-refractivity contribution in [3.8, 4) is 16.9 Å². The standard InChI is InChI=1S/C23H23N3OS/c1-15(2)12-27-19-10-8-18(9-11-19)26-22-21-20(13-28-23(21)25-14-24-22)17-6-4-16(3)5-7-17/h4-11,13-15H,12H2,1-3H3,(H,24,25,26). The molecule has 0 aliphatic carbocycles. The van der Waals surface area contributed by atoms with Gasteiger partial charge in [0.2, 0.25) is 0 Å². The van der Waals surface area contributed by atoms with Crippen LogP contribution in [0.4, 0.5) is 11.5 Å². The molecule has 28 heavy (non-hydrogen) atoms.